The van der Waals surface area contributed by atoms with Crippen LogP contribution in [0.25, 0.3) is 0 Å². The zero-order valence-electron chi connectivity index (χ0n) is 12.1. The van der Waals surface area contributed by atoms with Crippen LogP contribution in [0.2, 0.25) is 0 Å². The van der Waals surface area contributed by atoms with Gasteiger partial charge in [-0.05, 0) is 41.7 Å². The minimum Gasteiger partial charge on any atom is -0.311 e. The number of hydrogen-bond donors (Lipinski definition) is 3. The van der Waals surface area contributed by atoms with Gasteiger partial charge in [0, 0.05) is 31.7 Å². The molecule has 0 aliphatic rings. The fourth-order valence-corrected chi connectivity index (χ4v) is 1.67. The summed E-state index contributed by atoms with van der Waals surface area (Å²) in [5.74, 6) is 0. The van der Waals surface area contributed by atoms with Crippen LogP contribution in [0.1, 0.15) is 34.6 Å². The van der Waals surface area contributed by atoms with Crippen LogP contribution in [0.4, 0.5) is 0 Å². The topological polar surface area (TPSA) is 27.3 Å². The molecule has 0 saturated carbocycles. The van der Waals surface area contributed by atoms with Crippen molar-refractivity contribution in [2.24, 2.45) is 0 Å². The molecular formula is C12H29N3S2. The maximum absolute atomic E-state index is 4.24. The monoisotopic (exact) mass is 279 g/mol. The largest absolute Gasteiger partial charge is 0.311 e. The molecule has 0 aromatic heterocycles. The SMILES string of the molecule is CN(CCNC(C)(C)C)CCNC(C)(C)SS. The predicted molar refractivity (Wildman–Crippen MR) is 83.9 cm³/mol. The molecule has 2 N–H and O–H groups in total. The van der Waals surface area contributed by atoms with E-state index in [0.29, 0.717) is 0 Å². The van der Waals surface area contributed by atoms with E-state index in [0.717, 1.165) is 26.2 Å². The van der Waals surface area contributed by atoms with Crippen LogP contribution >= 0.6 is 22.5 Å². The lowest BCUT2D eigenvalue weighted by molar-refractivity contribution is 0.303. The highest BCUT2D eigenvalue weighted by molar-refractivity contribution is 8.69. The van der Waals surface area contributed by atoms with E-state index in [2.05, 4.69) is 68.9 Å². The Morgan fingerprint density at radius 3 is 1.88 bits per heavy atom. The van der Waals surface area contributed by atoms with Gasteiger partial charge in [-0.25, -0.2) is 0 Å². The Morgan fingerprint density at radius 2 is 1.47 bits per heavy atom. The first-order chi connectivity index (χ1) is 7.66. The van der Waals surface area contributed by atoms with Crippen LogP contribution in [-0.4, -0.2) is 48.5 Å². The molecule has 0 aromatic carbocycles. The molecule has 0 rings (SSSR count). The fourth-order valence-electron chi connectivity index (χ4n) is 1.31. The molecule has 104 valence electrons. The van der Waals surface area contributed by atoms with E-state index < -0.39 is 0 Å². The third-order valence-electron chi connectivity index (χ3n) is 2.42. The molecule has 0 atom stereocenters. The number of nitrogens with one attached hydrogen (secondary N) is 2. The van der Waals surface area contributed by atoms with Crippen molar-refractivity contribution in [2.45, 2.75) is 45.0 Å². The third-order valence-corrected chi connectivity index (χ3v) is 4.39. The molecule has 0 spiro atoms. The Balaban J connectivity index is 3.57. The fraction of sp³-hybridized carbons (Fsp3) is 1.00. The van der Waals surface area contributed by atoms with E-state index >= 15 is 0 Å². The van der Waals surface area contributed by atoms with Crippen LogP contribution in [0, 0.1) is 0 Å². The van der Waals surface area contributed by atoms with Gasteiger partial charge < -0.3 is 15.5 Å². The Bertz CT molecular complexity index is 202. The van der Waals surface area contributed by atoms with Gasteiger partial charge in [0.05, 0.1) is 4.87 Å². The summed E-state index contributed by atoms with van der Waals surface area (Å²) in [6, 6.07) is 0. The first-order valence-electron chi connectivity index (χ1n) is 6.17. The second-order valence-electron chi connectivity index (χ2n) is 6.01. The van der Waals surface area contributed by atoms with E-state index in [9.17, 15) is 0 Å². The van der Waals surface area contributed by atoms with Gasteiger partial charge >= 0.3 is 0 Å². The van der Waals surface area contributed by atoms with E-state index in [1.165, 1.54) is 0 Å². The predicted octanol–water partition coefficient (Wildman–Crippen LogP) is 2.21. The molecule has 0 aromatic rings. The van der Waals surface area contributed by atoms with Gasteiger partial charge in [-0.1, -0.05) is 10.8 Å². The summed E-state index contributed by atoms with van der Waals surface area (Å²) >= 11 is 4.24. The maximum Gasteiger partial charge on any atom is 0.0689 e. The van der Waals surface area contributed by atoms with Gasteiger partial charge in [-0.15, -0.1) is 11.7 Å². The lowest BCUT2D eigenvalue weighted by Gasteiger charge is -2.26. The molecule has 0 fully saturated rings. The molecule has 0 aliphatic carbocycles. The highest BCUT2D eigenvalue weighted by atomic mass is 33.1. The van der Waals surface area contributed by atoms with E-state index in [1.54, 1.807) is 10.8 Å². The normalized spacial score (nSPS) is 13.4. The van der Waals surface area contributed by atoms with E-state index in [4.69, 9.17) is 0 Å². The van der Waals surface area contributed by atoms with Crippen molar-refractivity contribution in [1.29, 1.82) is 0 Å². The maximum atomic E-state index is 4.24. The van der Waals surface area contributed by atoms with Crippen molar-refractivity contribution in [3.8, 4) is 0 Å². The summed E-state index contributed by atoms with van der Waals surface area (Å²) in [6.45, 7) is 15.0. The average Bonchev–Trinajstić information content (AvgIpc) is 2.15. The van der Waals surface area contributed by atoms with Crippen LogP contribution in [0.5, 0.6) is 0 Å². The van der Waals surface area contributed by atoms with Gasteiger partial charge in [0.15, 0.2) is 0 Å². The second kappa shape index (κ2) is 7.89. The number of nitrogens with zero attached hydrogens (tertiary/aromatic N) is 1. The molecule has 3 nitrogen and oxygen atoms in total. The summed E-state index contributed by atoms with van der Waals surface area (Å²) in [5, 5.41) is 6.96. The summed E-state index contributed by atoms with van der Waals surface area (Å²) < 4.78 is 0. The summed E-state index contributed by atoms with van der Waals surface area (Å²) in [7, 11) is 3.71. The van der Waals surface area contributed by atoms with Crippen molar-refractivity contribution in [1.82, 2.24) is 15.5 Å². The van der Waals surface area contributed by atoms with Crippen molar-refractivity contribution in [3.63, 3.8) is 0 Å². The summed E-state index contributed by atoms with van der Waals surface area (Å²) in [6.07, 6.45) is 0. The highest BCUT2D eigenvalue weighted by Crippen LogP contribution is 2.23. The Morgan fingerprint density at radius 1 is 1.00 bits per heavy atom. The molecule has 0 amide bonds. The lowest BCUT2D eigenvalue weighted by Crippen LogP contribution is -2.43. The minimum absolute atomic E-state index is 0.0492. The summed E-state index contributed by atoms with van der Waals surface area (Å²) in [4.78, 5) is 2.39. The molecular weight excluding hydrogens is 250 g/mol. The van der Waals surface area contributed by atoms with Gasteiger partial charge in [0.1, 0.15) is 0 Å². The quantitative estimate of drug-likeness (QED) is 0.361. The summed E-state index contributed by atoms with van der Waals surface area (Å²) in [5.41, 5.74) is 0.212. The van der Waals surface area contributed by atoms with Crippen molar-refractivity contribution < 1.29 is 0 Å². The van der Waals surface area contributed by atoms with Crippen molar-refractivity contribution >= 4 is 22.5 Å². The Kier molecular flexibility index (Phi) is 8.16. The van der Waals surface area contributed by atoms with Gasteiger partial charge in [0.2, 0.25) is 0 Å². The van der Waals surface area contributed by atoms with Crippen LogP contribution in [0.3, 0.4) is 0 Å². The van der Waals surface area contributed by atoms with E-state index in [1.807, 2.05) is 0 Å². The second-order valence-corrected chi connectivity index (χ2v) is 7.76. The molecule has 0 heterocycles. The van der Waals surface area contributed by atoms with Crippen LogP contribution in [-0.2, 0) is 0 Å². The number of rotatable bonds is 8. The number of thiol groups is 1. The Labute approximate surface area is 116 Å². The molecule has 0 unspecified atom stereocenters. The third kappa shape index (κ3) is 11.4. The Hall–Kier alpha value is 0.580. The zero-order chi connectivity index (χ0) is 13.5. The molecule has 17 heavy (non-hydrogen) atoms. The minimum atomic E-state index is 0.0492. The number of hydrogen-bond acceptors (Lipinski definition) is 5. The smallest absolute Gasteiger partial charge is 0.0689 e. The molecule has 0 radical (unpaired) electrons. The van der Waals surface area contributed by atoms with Crippen molar-refractivity contribution in [2.75, 3.05) is 33.2 Å². The lowest BCUT2D eigenvalue weighted by atomic mass is 10.1. The zero-order valence-corrected chi connectivity index (χ0v) is 13.8. The van der Waals surface area contributed by atoms with Gasteiger partial charge in [-0.3, -0.25) is 0 Å². The molecule has 5 heteroatoms. The molecule has 0 saturated heterocycles. The first-order valence-corrected chi connectivity index (χ1v) is 8.04. The van der Waals surface area contributed by atoms with E-state index in [-0.39, 0.29) is 10.4 Å². The molecule has 0 aliphatic heterocycles. The van der Waals surface area contributed by atoms with Crippen LogP contribution in [0.15, 0.2) is 0 Å². The van der Waals surface area contributed by atoms with Gasteiger partial charge in [0.25, 0.3) is 0 Å². The first kappa shape index (κ1) is 17.6. The standard InChI is InChI=1S/C12H29N3S2/c1-11(2,3)13-7-9-15(6)10-8-14-12(4,5)17-16/h13-14,16H,7-10H2,1-6H3. The van der Waals surface area contributed by atoms with Crippen LogP contribution < -0.4 is 10.6 Å². The number of likely N-dealkylation sites (N-methyl/N-ethyl adjacent to an activating group) is 1. The molecule has 0 bridgehead atoms. The van der Waals surface area contributed by atoms with Crippen molar-refractivity contribution in [3.05, 3.63) is 0 Å². The van der Waals surface area contributed by atoms with Gasteiger partial charge in [-0.2, -0.15) is 0 Å². The highest BCUT2D eigenvalue weighted by Gasteiger charge is 2.15. The average molecular weight is 280 g/mol.